The summed E-state index contributed by atoms with van der Waals surface area (Å²) in [5, 5.41) is 10.6. The summed E-state index contributed by atoms with van der Waals surface area (Å²) in [6, 6.07) is 15.8. The van der Waals surface area contributed by atoms with E-state index < -0.39 is 29.9 Å². The molecular weight excluding hydrogens is 539 g/mol. The summed E-state index contributed by atoms with van der Waals surface area (Å²) >= 11 is 0. The monoisotopic (exact) mass is 562 g/mol. The minimum atomic E-state index is -4.76. The molecule has 3 aromatic carbocycles. The van der Waals surface area contributed by atoms with Gasteiger partial charge in [0.15, 0.2) is 5.82 Å². The van der Waals surface area contributed by atoms with Gasteiger partial charge in [0, 0.05) is 42.0 Å². The first-order chi connectivity index (χ1) is 18.1. The van der Waals surface area contributed by atoms with Crippen LogP contribution in [-0.2, 0) is 17.4 Å². The Bertz CT molecular complexity index is 1500. The van der Waals surface area contributed by atoms with Crippen molar-refractivity contribution in [1.82, 2.24) is 15.1 Å². The van der Waals surface area contributed by atoms with Gasteiger partial charge in [-0.25, -0.2) is 8.78 Å². The smallest absolute Gasteiger partial charge is 0.348 e. The fourth-order valence-electron chi connectivity index (χ4n) is 4.86. The van der Waals surface area contributed by atoms with Crippen LogP contribution >= 0.6 is 12.4 Å². The number of rotatable bonds is 4. The highest BCUT2D eigenvalue weighted by Crippen LogP contribution is 2.34. The van der Waals surface area contributed by atoms with Crippen LogP contribution in [-0.4, -0.2) is 46.7 Å². The summed E-state index contributed by atoms with van der Waals surface area (Å²) in [4.78, 5) is 16.5. The van der Waals surface area contributed by atoms with Gasteiger partial charge in [0.1, 0.15) is 17.3 Å². The Morgan fingerprint density at radius 3 is 2.26 bits per heavy atom. The molecule has 0 aliphatic carbocycles. The van der Waals surface area contributed by atoms with Gasteiger partial charge in [-0.3, -0.25) is 4.79 Å². The van der Waals surface area contributed by atoms with Crippen LogP contribution in [0.4, 0.5) is 27.8 Å². The van der Waals surface area contributed by atoms with Crippen LogP contribution in [0.15, 0.2) is 66.7 Å². The number of anilines is 1. The Morgan fingerprint density at radius 1 is 0.923 bits per heavy atom. The van der Waals surface area contributed by atoms with Crippen LogP contribution in [0.1, 0.15) is 18.1 Å². The number of fused-ring (bicyclic) bond motifs is 1. The number of carbonyl (C=O) groups excluding carboxylic acids is 1. The van der Waals surface area contributed by atoms with E-state index in [9.17, 15) is 26.7 Å². The van der Waals surface area contributed by atoms with Crippen molar-refractivity contribution in [2.24, 2.45) is 0 Å². The highest BCUT2D eigenvalue weighted by Gasteiger charge is 2.35. The molecule has 5 rings (SSSR count). The second-order valence-corrected chi connectivity index (χ2v) is 9.28. The highest BCUT2D eigenvalue weighted by atomic mass is 35.5. The molecule has 0 radical (unpaired) electrons. The predicted molar refractivity (Wildman–Crippen MR) is 141 cm³/mol. The largest absolute Gasteiger partial charge is 0.416 e. The summed E-state index contributed by atoms with van der Waals surface area (Å²) in [6.07, 6.45) is -5.24. The number of aromatic nitrogens is 2. The zero-order valence-electron chi connectivity index (χ0n) is 20.8. The minimum Gasteiger partial charge on any atom is -0.348 e. The third kappa shape index (κ3) is 5.80. The van der Waals surface area contributed by atoms with Gasteiger partial charge in [-0.05, 0) is 48.9 Å². The van der Waals surface area contributed by atoms with E-state index in [0.29, 0.717) is 24.1 Å². The molecule has 1 fully saturated rings. The zero-order chi connectivity index (χ0) is 27.0. The van der Waals surface area contributed by atoms with Crippen LogP contribution in [0.3, 0.4) is 0 Å². The Morgan fingerprint density at radius 2 is 1.59 bits per heavy atom. The second kappa shape index (κ2) is 11.1. The van der Waals surface area contributed by atoms with Crippen molar-refractivity contribution in [2.75, 3.05) is 24.5 Å². The zero-order valence-corrected chi connectivity index (χ0v) is 21.6. The van der Waals surface area contributed by atoms with Crippen LogP contribution in [0, 0.1) is 11.6 Å². The van der Waals surface area contributed by atoms with Crippen LogP contribution in [0.2, 0.25) is 0 Å². The molecule has 0 spiro atoms. The van der Waals surface area contributed by atoms with Gasteiger partial charge in [-0.15, -0.1) is 22.6 Å². The maximum absolute atomic E-state index is 13.4. The van der Waals surface area contributed by atoms with Gasteiger partial charge in [0.05, 0.1) is 12.0 Å². The fourth-order valence-corrected chi connectivity index (χ4v) is 4.86. The second-order valence-electron chi connectivity index (χ2n) is 9.28. The standard InChI is InChI=1S/C28H23F5N4O.ClH/c1-17-16-36(25(38)14-19-8-11-21(30)15-24(19)28(31,32)33)12-13-37(17)27-23-5-3-2-4-22(23)26(34-35-27)18-6-9-20(29)10-7-18;/h2-11,15,17H,12-14,16H2,1H3;1H/t17-;/m0./s1. The lowest BCUT2D eigenvalue weighted by Crippen LogP contribution is -2.54. The van der Waals surface area contributed by atoms with Gasteiger partial charge < -0.3 is 9.80 Å². The first-order valence-corrected chi connectivity index (χ1v) is 12.0. The molecule has 204 valence electrons. The number of hydrogen-bond acceptors (Lipinski definition) is 4. The predicted octanol–water partition coefficient (Wildman–Crippen LogP) is 6.30. The average molecular weight is 563 g/mol. The highest BCUT2D eigenvalue weighted by molar-refractivity contribution is 6.00. The molecule has 1 aromatic heterocycles. The van der Waals surface area contributed by atoms with Crippen LogP contribution in [0.25, 0.3) is 22.0 Å². The summed E-state index contributed by atoms with van der Waals surface area (Å²) < 4.78 is 67.0. The summed E-state index contributed by atoms with van der Waals surface area (Å²) in [5.41, 5.74) is -0.0533. The topological polar surface area (TPSA) is 49.3 Å². The van der Waals surface area contributed by atoms with E-state index in [-0.39, 0.29) is 42.9 Å². The third-order valence-electron chi connectivity index (χ3n) is 6.76. The van der Waals surface area contributed by atoms with E-state index in [0.717, 1.165) is 28.5 Å². The molecule has 11 heteroatoms. The quantitative estimate of drug-likeness (QED) is 0.274. The normalized spacial score (nSPS) is 15.8. The van der Waals surface area contributed by atoms with E-state index in [2.05, 4.69) is 10.2 Å². The minimum absolute atomic E-state index is 0. The SMILES string of the molecule is C[C@H]1CN(C(=O)Cc2ccc(F)cc2C(F)(F)F)CCN1c1nnc(-c2ccc(F)cc2)c2ccccc12.Cl. The van der Waals surface area contributed by atoms with Crippen molar-refractivity contribution in [2.45, 2.75) is 25.6 Å². The van der Waals surface area contributed by atoms with E-state index in [1.54, 1.807) is 12.1 Å². The van der Waals surface area contributed by atoms with Crippen molar-refractivity contribution < 1.29 is 26.7 Å². The molecule has 0 bridgehead atoms. The van der Waals surface area contributed by atoms with Gasteiger partial charge in [-0.1, -0.05) is 30.3 Å². The first kappa shape index (κ1) is 28.2. The van der Waals surface area contributed by atoms with E-state index in [1.165, 1.54) is 17.0 Å². The van der Waals surface area contributed by atoms with Crippen LogP contribution in [0.5, 0.6) is 0 Å². The summed E-state index contributed by atoms with van der Waals surface area (Å²) in [6.45, 7) is 2.86. The van der Waals surface area contributed by atoms with Gasteiger partial charge >= 0.3 is 6.18 Å². The molecule has 1 saturated heterocycles. The van der Waals surface area contributed by atoms with Crippen molar-refractivity contribution >= 4 is 34.9 Å². The Kier molecular flexibility index (Phi) is 8.06. The summed E-state index contributed by atoms with van der Waals surface area (Å²) in [7, 11) is 0. The number of halogens is 6. The van der Waals surface area contributed by atoms with Crippen molar-refractivity contribution in [3.8, 4) is 11.3 Å². The number of nitrogens with zero attached hydrogens (tertiary/aromatic N) is 4. The van der Waals surface area contributed by atoms with Gasteiger partial charge in [0.25, 0.3) is 0 Å². The van der Waals surface area contributed by atoms with Gasteiger partial charge in [0.2, 0.25) is 5.91 Å². The lowest BCUT2D eigenvalue weighted by molar-refractivity contribution is -0.139. The molecule has 0 unspecified atom stereocenters. The average Bonchev–Trinajstić information content (AvgIpc) is 2.89. The van der Waals surface area contributed by atoms with Crippen LogP contribution < -0.4 is 4.90 Å². The van der Waals surface area contributed by atoms with E-state index in [1.807, 2.05) is 36.1 Å². The molecular formula is C28H24ClF5N4O. The molecule has 39 heavy (non-hydrogen) atoms. The number of amides is 1. The van der Waals surface area contributed by atoms with Crippen molar-refractivity contribution in [3.63, 3.8) is 0 Å². The first-order valence-electron chi connectivity index (χ1n) is 12.0. The lowest BCUT2D eigenvalue weighted by Gasteiger charge is -2.41. The number of benzene rings is 3. The fraction of sp³-hybridized carbons (Fsp3) is 0.250. The molecule has 1 aliphatic heterocycles. The molecule has 0 saturated carbocycles. The van der Waals surface area contributed by atoms with Crippen molar-refractivity contribution in [1.29, 1.82) is 0 Å². The molecule has 4 aromatic rings. The maximum atomic E-state index is 13.4. The van der Waals surface area contributed by atoms with Crippen molar-refractivity contribution in [3.05, 3.63) is 89.5 Å². The molecule has 1 amide bonds. The number of alkyl halides is 3. The molecule has 5 nitrogen and oxygen atoms in total. The number of hydrogen-bond donors (Lipinski definition) is 0. The van der Waals surface area contributed by atoms with E-state index in [4.69, 9.17) is 0 Å². The number of piperazine rings is 1. The summed E-state index contributed by atoms with van der Waals surface area (Å²) in [5.74, 6) is -1.19. The third-order valence-corrected chi connectivity index (χ3v) is 6.76. The van der Waals surface area contributed by atoms with Gasteiger partial charge in [-0.2, -0.15) is 13.2 Å². The Balaban J connectivity index is 0.00000353. The molecule has 0 N–H and O–H groups in total. The molecule has 1 aliphatic rings. The molecule has 1 atom stereocenters. The lowest BCUT2D eigenvalue weighted by atomic mass is 10.0. The Hall–Kier alpha value is -3.79. The maximum Gasteiger partial charge on any atom is 0.416 e. The number of carbonyl (C=O) groups is 1. The Labute approximate surface area is 227 Å². The molecule has 2 heterocycles. The van der Waals surface area contributed by atoms with E-state index >= 15 is 0 Å².